The predicted octanol–water partition coefficient (Wildman–Crippen LogP) is 11.8. The maximum Gasteiger partial charge on any atom is 0.249 e. The number of carbonyl (C=O) groups is 1. The van der Waals surface area contributed by atoms with Gasteiger partial charge in [0.2, 0.25) is 5.91 Å². The second kappa shape index (κ2) is 39.1. The van der Waals surface area contributed by atoms with Gasteiger partial charge in [0.15, 0.2) is 0 Å². The van der Waals surface area contributed by atoms with Gasteiger partial charge < -0.3 is 20.6 Å². The number of hydrogen-bond donors (Lipinski definition) is 4. The molecule has 0 spiro atoms. The quantitative estimate of drug-likeness (QED) is 0.0386. The molecule has 0 saturated carbocycles. The van der Waals surface area contributed by atoms with Crippen molar-refractivity contribution in [3.63, 3.8) is 0 Å². The molecule has 0 bridgehead atoms. The van der Waals surface area contributed by atoms with Crippen molar-refractivity contribution in [3.8, 4) is 0 Å². The highest BCUT2D eigenvalue weighted by atomic mass is 16.3. The molecule has 5 heteroatoms. The second-order valence-corrected chi connectivity index (χ2v) is 14.2. The molecule has 0 radical (unpaired) electrons. The van der Waals surface area contributed by atoms with E-state index in [1.54, 1.807) is 6.08 Å². The number of aliphatic hydroxyl groups excluding tert-OH is 3. The molecule has 0 aromatic carbocycles. The fourth-order valence-corrected chi connectivity index (χ4v) is 6.03. The lowest BCUT2D eigenvalue weighted by molar-refractivity contribution is -0.131. The number of aliphatic hydroxyl groups is 3. The maximum absolute atomic E-state index is 12.4. The van der Waals surface area contributed by atoms with E-state index in [1.165, 1.54) is 128 Å². The van der Waals surface area contributed by atoms with E-state index in [0.29, 0.717) is 6.42 Å². The van der Waals surface area contributed by atoms with Crippen LogP contribution in [0.2, 0.25) is 0 Å². The minimum absolute atomic E-state index is 0.384. The largest absolute Gasteiger partial charge is 0.394 e. The predicted molar refractivity (Wildman–Crippen MR) is 213 cm³/mol. The van der Waals surface area contributed by atoms with Gasteiger partial charge in [0.05, 0.1) is 18.8 Å². The van der Waals surface area contributed by atoms with Crippen LogP contribution in [0.5, 0.6) is 0 Å². The van der Waals surface area contributed by atoms with Crippen LogP contribution in [0.25, 0.3) is 0 Å². The van der Waals surface area contributed by atoms with Crippen LogP contribution in [0.3, 0.4) is 0 Å². The zero-order chi connectivity index (χ0) is 35.9. The normalized spacial score (nSPS) is 14.1. The summed E-state index contributed by atoms with van der Waals surface area (Å²) in [5, 5.41) is 33.0. The third-order valence-electron chi connectivity index (χ3n) is 9.37. The summed E-state index contributed by atoms with van der Waals surface area (Å²) in [5.41, 5.74) is 0. The summed E-state index contributed by atoms with van der Waals surface area (Å²) in [7, 11) is 0. The molecule has 0 aliphatic rings. The lowest BCUT2D eigenvalue weighted by atomic mass is 10.0. The Kier molecular flexibility index (Phi) is 37.8. The van der Waals surface area contributed by atoms with E-state index in [9.17, 15) is 20.1 Å². The van der Waals surface area contributed by atoms with Crippen LogP contribution in [0.15, 0.2) is 48.6 Å². The molecule has 0 heterocycles. The molecule has 0 aliphatic heterocycles. The zero-order valence-corrected chi connectivity index (χ0v) is 32.3. The van der Waals surface area contributed by atoms with Crippen molar-refractivity contribution in [2.45, 2.75) is 218 Å². The number of amides is 1. The van der Waals surface area contributed by atoms with Gasteiger partial charge in [0, 0.05) is 0 Å². The van der Waals surface area contributed by atoms with E-state index in [-0.39, 0.29) is 6.61 Å². The summed E-state index contributed by atoms with van der Waals surface area (Å²) in [4.78, 5) is 12.4. The van der Waals surface area contributed by atoms with Gasteiger partial charge in [0.25, 0.3) is 0 Å². The number of rotatable bonds is 37. The summed E-state index contributed by atoms with van der Waals surface area (Å²) >= 11 is 0. The number of carbonyl (C=O) groups excluding carboxylic acids is 1. The first-order valence-electron chi connectivity index (χ1n) is 21.0. The smallest absolute Gasteiger partial charge is 0.249 e. The highest BCUT2D eigenvalue weighted by molar-refractivity contribution is 5.80. The molecule has 286 valence electrons. The van der Waals surface area contributed by atoms with E-state index in [0.717, 1.165) is 51.4 Å². The first-order chi connectivity index (χ1) is 24.1. The van der Waals surface area contributed by atoms with Crippen molar-refractivity contribution in [3.05, 3.63) is 48.6 Å². The molecule has 5 nitrogen and oxygen atoms in total. The lowest BCUT2D eigenvalue weighted by Crippen LogP contribution is -2.48. The van der Waals surface area contributed by atoms with Gasteiger partial charge in [-0.1, -0.05) is 178 Å². The molecule has 3 unspecified atom stereocenters. The van der Waals surface area contributed by atoms with Crippen molar-refractivity contribution < 1.29 is 20.1 Å². The first-order valence-corrected chi connectivity index (χ1v) is 21.0. The van der Waals surface area contributed by atoms with Gasteiger partial charge in [-0.25, -0.2) is 0 Å². The van der Waals surface area contributed by atoms with Gasteiger partial charge in [-0.15, -0.1) is 0 Å². The maximum atomic E-state index is 12.4. The number of hydrogen-bond acceptors (Lipinski definition) is 4. The fourth-order valence-electron chi connectivity index (χ4n) is 6.03. The lowest BCUT2D eigenvalue weighted by Gasteiger charge is -2.21. The van der Waals surface area contributed by atoms with Crippen molar-refractivity contribution in [1.29, 1.82) is 0 Å². The summed E-state index contributed by atoms with van der Waals surface area (Å²) < 4.78 is 0. The molecule has 1 amide bonds. The number of nitrogens with one attached hydrogen (secondary N) is 1. The topological polar surface area (TPSA) is 89.8 Å². The standard InChI is InChI=1S/C44H81NO4/c1-3-5-7-9-11-13-15-17-19-20-21-22-23-24-25-27-28-30-32-34-36-38-42(47)41(40-46)45-44(49)43(48)39-37-35-33-31-29-26-18-16-14-12-10-8-6-4-2/h14,16,23-24,28,30,36,38,41-43,46-48H,3-13,15,17-22,25-27,29,31-35,37,39-40H2,1-2H3,(H,45,49)/b16-14-,24-23+,30-28+,38-36+. The van der Waals surface area contributed by atoms with Gasteiger partial charge in [0.1, 0.15) is 6.10 Å². The van der Waals surface area contributed by atoms with E-state index in [1.807, 2.05) is 6.08 Å². The van der Waals surface area contributed by atoms with Gasteiger partial charge in [-0.05, 0) is 70.6 Å². The Hall–Kier alpha value is -1.69. The van der Waals surface area contributed by atoms with Crippen LogP contribution in [0.4, 0.5) is 0 Å². The molecule has 0 saturated heterocycles. The van der Waals surface area contributed by atoms with Gasteiger partial charge in [-0.3, -0.25) is 4.79 Å². The van der Waals surface area contributed by atoms with Crippen molar-refractivity contribution in [2.24, 2.45) is 0 Å². The average molecular weight is 688 g/mol. The Labute approximate surface area is 304 Å². The summed E-state index contributed by atoms with van der Waals surface area (Å²) in [6.07, 6.45) is 49.9. The van der Waals surface area contributed by atoms with Crippen LogP contribution in [0.1, 0.15) is 200 Å². The monoisotopic (exact) mass is 688 g/mol. The molecular weight excluding hydrogens is 606 g/mol. The van der Waals surface area contributed by atoms with Crippen LogP contribution in [-0.2, 0) is 4.79 Å². The Balaban J connectivity index is 3.79. The third-order valence-corrected chi connectivity index (χ3v) is 9.37. The minimum Gasteiger partial charge on any atom is -0.394 e. The Morgan fingerprint density at radius 1 is 0.490 bits per heavy atom. The van der Waals surface area contributed by atoms with E-state index in [4.69, 9.17) is 0 Å². The first kappa shape index (κ1) is 47.3. The average Bonchev–Trinajstić information content (AvgIpc) is 3.11. The third kappa shape index (κ3) is 34.5. The van der Waals surface area contributed by atoms with Crippen LogP contribution < -0.4 is 5.32 Å². The molecule has 0 aromatic heterocycles. The Morgan fingerprint density at radius 3 is 1.27 bits per heavy atom. The van der Waals surface area contributed by atoms with E-state index < -0.39 is 24.2 Å². The highest BCUT2D eigenvalue weighted by Crippen LogP contribution is 2.13. The van der Waals surface area contributed by atoms with Gasteiger partial charge in [-0.2, -0.15) is 0 Å². The molecule has 0 rings (SSSR count). The van der Waals surface area contributed by atoms with Crippen molar-refractivity contribution >= 4 is 5.91 Å². The van der Waals surface area contributed by atoms with Crippen LogP contribution >= 0.6 is 0 Å². The molecular formula is C44H81NO4. The molecule has 3 atom stereocenters. The Morgan fingerprint density at radius 2 is 0.837 bits per heavy atom. The summed E-state index contributed by atoms with van der Waals surface area (Å²) in [6, 6.07) is -0.823. The fraction of sp³-hybridized carbons (Fsp3) is 0.795. The highest BCUT2D eigenvalue weighted by Gasteiger charge is 2.22. The molecule has 0 aromatic rings. The molecule has 0 fully saturated rings. The SMILES string of the molecule is CCCCCC/C=C\CCCCCCCCC(O)C(=O)NC(CO)C(O)/C=C/CC/C=C/CC/C=C/CCCCCCCCCCCCC. The second-order valence-electron chi connectivity index (χ2n) is 14.2. The zero-order valence-electron chi connectivity index (χ0n) is 32.3. The van der Waals surface area contributed by atoms with E-state index in [2.05, 4.69) is 55.6 Å². The molecule has 49 heavy (non-hydrogen) atoms. The van der Waals surface area contributed by atoms with Crippen molar-refractivity contribution in [1.82, 2.24) is 5.32 Å². The minimum atomic E-state index is -1.11. The number of unbranched alkanes of at least 4 members (excludes halogenated alkanes) is 23. The summed E-state index contributed by atoms with van der Waals surface area (Å²) in [5.74, 6) is -0.524. The van der Waals surface area contributed by atoms with E-state index >= 15 is 0 Å². The molecule has 0 aliphatic carbocycles. The summed E-state index contributed by atoms with van der Waals surface area (Å²) in [6.45, 7) is 4.14. The van der Waals surface area contributed by atoms with Crippen LogP contribution in [-0.4, -0.2) is 46.1 Å². The van der Waals surface area contributed by atoms with Gasteiger partial charge >= 0.3 is 0 Å². The number of allylic oxidation sites excluding steroid dienone is 7. The Bertz CT molecular complexity index is 805. The van der Waals surface area contributed by atoms with Crippen LogP contribution in [0, 0.1) is 0 Å². The van der Waals surface area contributed by atoms with Crippen molar-refractivity contribution in [2.75, 3.05) is 6.61 Å². The molecule has 4 N–H and O–H groups in total.